The number of rotatable bonds is 5. The van der Waals surface area contributed by atoms with Gasteiger partial charge in [-0.1, -0.05) is 160 Å². The predicted molar refractivity (Wildman–Crippen MR) is 274 cm³/mol. The number of hydrogen-bond acceptors (Lipinski definition) is 1. The summed E-state index contributed by atoms with van der Waals surface area (Å²) in [4.78, 5) is 2.51. The third-order valence-electron chi connectivity index (χ3n) is 13.8. The molecule has 2 heteroatoms. The van der Waals surface area contributed by atoms with Crippen LogP contribution in [0.4, 0.5) is 17.1 Å². The van der Waals surface area contributed by atoms with Gasteiger partial charge in [0, 0.05) is 38.8 Å². The zero-order valence-electron chi connectivity index (χ0n) is 36.1. The largest absolute Gasteiger partial charge is 0.309 e. The highest BCUT2D eigenvalue weighted by Gasteiger charge is 2.27. The molecule has 0 aliphatic heterocycles. The van der Waals surface area contributed by atoms with E-state index in [2.05, 4.69) is 243 Å². The van der Waals surface area contributed by atoms with Crippen molar-refractivity contribution in [2.24, 2.45) is 0 Å². The monoisotopic (exact) mass is 816 g/mol. The topological polar surface area (TPSA) is 8.17 Å². The van der Waals surface area contributed by atoms with Gasteiger partial charge in [0.25, 0.3) is 0 Å². The molecule has 64 heavy (non-hydrogen) atoms. The first kappa shape index (κ1) is 36.7. The van der Waals surface area contributed by atoms with Crippen LogP contribution in [0.25, 0.3) is 104 Å². The fourth-order valence-electron chi connectivity index (χ4n) is 10.6. The summed E-state index contributed by atoms with van der Waals surface area (Å²) in [6.45, 7) is 6.86. The van der Waals surface area contributed by atoms with E-state index < -0.39 is 0 Å². The Morgan fingerprint density at radius 1 is 0.359 bits per heavy atom. The van der Waals surface area contributed by atoms with E-state index >= 15 is 0 Å². The molecule has 0 amide bonds. The van der Waals surface area contributed by atoms with Gasteiger partial charge in [-0.25, -0.2) is 0 Å². The molecule has 0 radical (unpaired) electrons. The first-order valence-electron chi connectivity index (χ1n) is 22.4. The second-order valence-electron chi connectivity index (χ2n) is 18.5. The Labute approximate surface area is 372 Å². The summed E-state index contributed by atoms with van der Waals surface area (Å²) < 4.78 is 2.41. The normalized spacial score (nSPS) is 12.3. The van der Waals surface area contributed by atoms with Crippen molar-refractivity contribution in [1.82, 2.24) is 4.57 Å². The quantitative estimate of drug-likeness (QED) is 0.157. The van der Waals surface area contributed by atoms with E-state index in [-0.39, 0.29) is 5.41 Å². The van der Waals surface area contributed by atoms with Crippen LogP contribution < -0.4 is 4.90 Å². The molecule has 1 heterocycles. The lowest BCUT2D eigenvalue weighted by Gasteiger charge is -2.32. The lowest BCUT2D eigenvalue weighted by atomic mass is 9.78. The van der Waals surface area contributed by atoms with Gasteiger partial charge in [0.15, 0.2) is 0 Å². The van der Waals surface area contributed by atoms with Gasteiger partial charge < -0.3 is 9.47 Å². The SMILES string of the molecule is CC(C)(C)c1ccc(N(c2ccc3cc4c(cc3c2)-c2cc3ccc(-n5c6ccccc6c6ccccc65)cc3cc2-4)c2c(-c3ccccc3)c3ccccc3c3ccccc23)cc1. The molecule has 0 fully saturated rings. The van der Waals surface area contributed by atoms with E-state index in [0.29, 0.717) is 0 Å². The lowest BCUT2D eigenvalue weighted by molar-refractivity contribution is 0.590. The third-order valence-corrected chi connectivity index (χ3v) is 13.8. The van der Waals surface area contributed by atoms with Gasteiger partial charge in [-0.05, 0) is 149 Å². The number of nitrogens with zero attached hydrogens (tertiary/aromatic N) is 2. The number of aromatic nitrogens is 1. The Hall–Kier alpha value is -7.94. The van der Waals surface area contributed by atoms with Crippen LogP contribution in [0.15, 0.2) is 212 Å². The average Bonchev–Trinajstić information content (AvgIpc) is 3.67. The number of hydrogen-bond donors (Lipinski definition) is 0. The molecule has 0 saturated heterocycles. The number of benzene rings is 11. The van der Waals surface area contributed by atoms with Crippen molar-refractivity contribution in [3.05, 3.63) is 218 Å². The van der Waals surface area contributed by atoms with Gasteiger partial charge in [-0.2, -0.15) is 0 Å². The van der Waals surface area contributed by atoms with Crippen LogP contribution in [0.2, 0.25) is 0 Å². The maximum absolute atomic E-state index is 2.51. The van der Waals surface area contributed by atoms with Crippen LogP contribution >= 0.6 is 0 Å². The van der Waals surface area contributed by atoms with Crippen molar-refractivity contribution in [2.75, 3.05) is 4.90 Å². The molecule has 0 atom stereocenters. The molecule has 2 nitrogen and oxygen atoms in total. The maximum Gasteiger partial charge on any atom is 0.0624 e. The molecule has 13 rings (SSSR count). The number of anilines is 3. The fourth-order valence-corrected chi connectivity index (χ4v) is 10.6. The molecule has 0 bridgehead atoms. The first-order valence-corrected chi connectivity index (χ1v) is 22.4. The van der Waals surface area contributed by atoms with Crippen LogP contribution in [0.1, 0.15) is 26.3 Å². The van der Waals surface area contributed by atoms with Crippen LogP contribution in [-0.2, 0) is 5.41 Å². The van der Waals surface area contributed by atoms with E-state index in [1.165, 1.54) is 115 Å². The smallest absolute Gasteiger partial charge is 0.0624 e. The molecule has 12 aromatic rings. The summed E-state index contributed by atoms with van der Waals surface area (Å²) in [6.07, 6.45) is 0. The minimum absolute atomic E-state index is 0.0370. The summed E-state index contributed by atoms with van der Waals surface area (Å²) in [7, 11) is 0. The van der Waals surface area contributed by atoms with Crippen LogP contribution in [0.5, 0.6) is 0 Å². The minimum Gasteiger partial charge on any atom is -0.309 e. The Morgan fingerprint density at radius 2 is 0.828 bits per heavy atom. The molecule has 0 spiro atoms. The van der Waals surface area contributed by atoms with Gasteiger partial charge in [0.1, 0.15) is 0 Å². The van der Waals surface area contributed by atoms with Crippen LogP contribution in [-0.4, -0.2) is 4.57 Å². The Balaban J connectivity index is 0.980. The minimum atomic E-state index is 0.0370. The van der Waals surface area contributed by atoms with E-state index in [0.717, 1.165) is 11.4 Å². The average molecular weight is 817 g/mol. The summed E-state index contributed by atoms with van der Waals surface area (Å²) in [6, 6.07) is 79.1. The van der Waals surface area contributed by atoms with Crippen molar-refractivity contribution >= 4 is 82.0 Å². The molecular weight excluding hydrogens is 773 g/mol. The van der Waals surface area contributed by atoms with Crippen molar-refractivity contribution in [3.63, 3.8) is 0 Å². The summed E-state index contributed by atoms with van der Waals surface area (Å²) in [5.41, 5.74) is 16.1. The second kappa shape index (κ2) is 13.8. The Bertz CT molecular complexity index is 3810. The first-order chi connectivity index (χ1) is 31.4. The van der Waals surface area contributed by atoms with Gasteiger partial charge in [0.05, 0.1) is 16.7 Å². The second-order valence-corrected chi connectivity index (χ2v) is 18.5. The van der Waals surface area contributed by atoms with Crippen molar-refractivity contribution in [3.8, 4) is 39.1 Å². The summed E-state index contributed by atoms with van der Waals surface area (Å²) in [5.74, 6) is 0. The number of fused-ring (bicyclic) bond motifs is 12. The zero-order valence-corrected chi connectivity index (χ0v) is 36.1. The fraction of sp³-hybridized carbons (Fsp3) is 0.0645. The van der Waals surface area contributed by atoms with Gasteiger partial charge in [-0.3, -0.25) is 0 Å². The molecule has 1 aliphatic rings. The van der Waals surface area contributed by atoms with E-state index in [1.54, 1.807) is 0 Å². The van der Waals surface area contributed by atoms with Crippen LogP contribution in [0.3, 0.4) is 0 Å². The van der Waals surface area contributed by atoms with E-state index in [1.807, 2.05) is 0 Å². The molecular formula is C62H44N2. The number of para-hydroxylation sites is 2. The van der Waals surface area contributed by atoms with Gasteiger partial charge in [-0.15, -0.1) is 0 Å². The third kappa shape index (κ3) is 5.52. The predicted octanol–water partition coefficient (Wildman–Crippen LogP) is 17.5. The standard InChI is InChI=1S/C62H44N2/c1-62(2,3)44-27-31-45(32-28-44)63(61-53-22-10-8-18-49(53)48-17-7-9-21-52(48)60(61)39-15-5-4-6-16-39)46-29-25-40-35-54-56(37-42(40)33-46)55-36-41-26-30-47(34-43(41)38-57(54)55)64-58-23-13-11-19-50(58)51-20-12-14-24-59(51)64/h4-38H,1-3H3. The highest BCUT2D eigenvalue weighted by atomic mass is 15.1. The summed E-state index contributed by atoms with van der Waals surface area (Å²) in [5, 5.41) is 12.5. The zero-order chi connectivity index (χ0) is 42.7. The highest BCUT2D eigenvalue weighted by molar-refractivity contribution is 6.23. The molecule has 0 N–H and O–H groups in total. The molecule has 302 valence electrons. The van der Waals surface area contributed by atoms with Gasteiger partial charge in [0.2, 0.25) is 0 Å². The molecule has 11 aromatic carbocycles. The van der Waals surface area contributed by atoms with Crippen molar-refractivity contribution in [2.45, 2.75) is 26.2 Å². The Kier molecular flexibility index (Phi) is 7.90. The Morgan fingerprint density at radius 3 is 1.44 bits per heavy atom. The van der Waals surface area contributed by atoms with Crippen LogP contribution in [0, 0.1) is 0 Å². The summed E-state index contributed by atoms with van der Waals surface area (Å²) >= 11 is 0. The molecule has 1 aliphatic carbocycles. The van der Waals surface area contributed by atoms with Crippen molar-refractivity contribution in [1.29, 1.82) is 0 Å². The van der Waals surface area contributed by atoms with Crippen molar-refractivity contribution < 1.29 is 0 Å². The van der Waals surface area contributed by atoms with Gasteiger partial charge >= 0.3 is 0 Å². The lowest BCUT2D eigenvalue weighted by Crippen LogP contribution is -2.14. The molecule has 0 unspecified atom stereocenters. The van der Waals surface area contributed by atoms with E-state index in [4.69, 9.17) is 0 Å². The highest BCUT2D eigenvalue weighted by Crippen LogP contribution is 2.53. The van der Waals surface area contributed by atoms with E-state index in [9.17, 15) is 0 Å². The maximum atomic E-state index is 2.51. The molecule has 0 saturated carbocycles. The molecule has 1 aromatic heterocycles.